The smallest absolute Gasteiger partial charge is 0.459 e. The highest BCUT2D eigenvalue weighted by Gasteiger charge is 2.57. The summed E-state index contributed by atoms with van der Waals surface area (Å²) in [7, 11) is -4.31. The molecule has 17 heteroatoms. The highest BCUT2D eigenvalue weighted by atomic mass is 79.9. The van der Waals surface area contributed by atoms with Gasteiger partial charge in [-0.2, -0.15) is 15.1 Å². The number of ether oxygens (including phenoxy) is 2. The Hall–Kier alpha value is -2.88. The van der Waals surface area contributed by atoms with Crippen molar-refractivity contribution >= 4 is 46.8 Å². The van der Waals surface area contributed by atoms with Crippen molar-refractivity contribution in [2.75, 3.05) is 18.9 Å². The number of nitrogens with two attached hydrogens (primary N) is 1. The summed E-state index contributed by atoms with van der Waals surface area (Å²) >= 11 is 2.86. The molecule has 0 radical (unpaired) electrons. The number of halogens is 2. The summed E-state index contributed by atoms with van der Waals surface area (Å²) in [6.45, 7) is 2.78. The second-order valence-corrected chi connectivity index (χ2v) is 11.5. The molecule has 4 rings (SSSR count). The van der Waals surface area contributed by atoms with Crippen LogP contribution in [0.5, 0.6) is 11.6 Å². The van der Waals surface area contributed by atoms with Crippen molar-refractivity contribution < 1.29 is 42.5 Å². The Bertz CT molecular complexity index is 1370. The molecule has 1 aliphatic rings. The lowest BCUT2D eigenvalue weighted by Crippen LogP contribution is -2.39. The van der Waals surface area contributed by atoms with Crippen molar-refractivity contribution in [2.24, 2.45) is 0 Å². The van der Waals surface area contributed by atoms with E-state index in [4.69, 9.17) is 24.3 Å². The highest BCUT2D eigenvalue weighted by Crippen LogP contribution is 2.50. The number of para-hydroxylation sites is 1. The molecule has 2 unspecified atom stereocenters. The number of carbonyl (C=O) groups excluding carboxylic acids is 1. The van der Waals surface area contributed by atoms with Gasteiger partial charge in [-0.25, -0.2) is 13.9 Å². The molecule has 1 saturated heterocycles. The molecule has 212 valence electrons. The van der Waals surface area contributed by atoms with Gasteiger partial charge in [-0.05, 0) is 41.4 Å². The van der Waals surface area contributed by atoms with E-state index in [1.165, 1.54) is 19.1 Å². The molecule has 0 spiro atoms. The molecule has 1 aromatic carbocycles. The van der Waals surface area contributed by atoms with Crippen molar-refractivity contribution in [3.8, 4) is 11.6 Å². The third kappa shape index (κ3) is 6.31. The molecule has 1 fully saturated rings. The second kappa shape index (κ2) is 11.7. The number of nitrogens with one attached hydrogen (secondary N) is 1. The fraction of sp³-hybridized carbons (Fsp3) is 0.455. The zero-order chi connectivity index (χ0) is 28.4. The molecule has 3 aromatic rings. The van der Waals surface area contributed by atoms with Gasteiger partial charge >= 0.3 is 13.7 Å². The zero-order valence-electron chi connectivity index (χ0n) is 20.8. The van der Waals surface area contributed by atoms with Gasteiger partial charge in [0, 0.05) is 0 Å². The number of benzene rings is 1. The number of fused-ring (bicyclic) bond motifs is 1. The number of aromatic hydroxyl groups is 1. The van der Waals surface area contributed by atoms with Crippen LogP contribution in [-0.4, -0.2) is 71.7 Å². The largest absolute Gasteiger partial charge is 0.492 e. The molecule has 3 heterocycles. The Morgan fingerprint density at radius 2 is 2.10 bits per heavy atom. The summed E-state index contributed by atoms with van der Waals surface area (Å²) in [5.41, 5.74) is 5.47. The first-order valence-electron chi connectivity index (χ1n) is 11.8. The molecule has 0 aliphatic carbocycles. The maximum Gasteiger partial charge on any atom is 0.459 e. The van der Waals surface area contributed by atoms with Crippen LogP contribution in [-0.2, 0) is 23.4 Å². The monoisotopic (exact) mass is 632 g/mol. The quantitative estimate of drug-likeness (QED) is 0.137. The number of aromatic nitrogens is 4. The van der Waals surface area contributed by atoms with Crippen LogP contribution in [0.4, 0.5) is 10.3 Å². The van der Waals surface area contributed by atoms with Gasteiger partial charge in [0.05, 0.1) is 19.5 Å². The average molecular weight is 633 g/mol. The lowest BCUT2D eigenvalue weighted by atomic mass is 10.1. The predicted molar refractivity (Wildman–Crippen MR) is 139 cm³/mol. The van der Waals surface area contributed by atoms with E-state index in [2.05, 4.69) is 36.0 Å². The lowest BCUT2D eigenvalue weighted by Gasteiger charge is -2.24. The van der Waals surface area contributed by atoms with Gasteiger partial charge in [0.25, 0.3) is 0 Å². The number of imidazole rings is 1. The molecule has 0 amide bonds. The van der Waals surface area contributed by atoms with Crippen molar-refractivity contribution in [1.82, 2.24) is 24.6 Å². The summed E-state index contributed by atoms with van der Waals surface area (Å²) in [6, 6.07) is 6.94. The molecule has 1 aliphatic heterocycles. The molecular weight excluding hydrogens is 606 g/mol. The highest BCUT2D eigenvalue weighted by molar-refractivity contribution is 9.10. The first-order valence-corrected chi connectivity index (χ1v) is 14.1. The molecule has 2 aromatic heterocycles. The number of nitrogens with zero attached hydrogens (tertiary/aromatic N) is 4. The minimum absolute atomic E-state index is 0.0561. The third-order valence-electron chi connectivity index (χ3n) is 5.58. The maximum absolute atomic E-state index is 15.7. The molecule has 39 heavy (non-hydrogen) atoms. The fourth-order valence-electron chi connectivity index (χ4n) is 3.69. The summed E-state index contributed by atoms with van der Waals surface area (Å²) in [4.78, 5) is 23.8. The Morgan fingerprint density at radius 3 is 2.79 bits per heavy atom. The van der Waals surface area contributed by atoms with Crippen molar-refractivity contribution in [2.45, 2.75) is 49.3 Å². The number of aliphatic hydroxyl groups excluding tert-OH is 1. The summed E-state index contributed by atoms with van der Waals surface area (Å²) in [6.07, 6.45) is -3.08. The number of nitrogen functional groups attached to an aromatic ring is 1. The first kappa shape index (κ1) is 29.1. The number of carbonyl (C=O) groups is 1. The molecule has 14 nitrogen and oxygen atoms in total. The normalized spacial score (nSPS) is 25.3. The number of anilines is 1. The fourth-order valence-corrected chi connectivity index (χ4v) is 5.82. The maximum atomic E-state index is 15.7. The van der Waals surface area contributed by atoms with Crippen LogP contribution < -0.4 is 15.3 Å². The van der Waals surface area contributed by atoms with Gasteiger partial charge in [-0.3, -0.25) is 13.9 Å². The number of hydrogen-bond acceptors (Lipinski definition) is 12. The molecular formula is C22H27BrFN6O8P. The molecule has 0 saturated carbocycles. The van der Waals surface area contributed by atoms with E-state index in [1.54, 1.807) is 18.2 Å². The van der Waals surface area contributed by atoms with Gasteiger partial charge in [-0.15, -0.1) is 0 Å². The number of rotatable bonds is 11. The van der Waals surface area contributed by atoms with E-state index >= 15 is 4.39 Å². The van der Waals surface area contributed by atoms with Crippen LogP contribution in [0.1, 0.15) is 26.5 Å². The molecule has 0 bridgehead atoms. The predicted octanol–water partition coefficient (Wildman–Crippen LogP) is 2.57. The van der Waals surface area contributed by atoms with Crippen molar-refractivity contribution in [3.63, 3.8) is 0 Å². The topological polar surface area (TPSA) is 193 Å². The number of aliphatic hydroxyl groups is 1. The van der Waals surface area contributed by atoms with Gasteiger partial charge in [0.1, 0.15) is 24.0 Å². The Labute approximate surface area is 230 Å². The van der Waals surface area contributed by atoms with E-state index in [1.807, 2.05) is 6.92 Å². The van der Waals surface area contributed by atoms with Crippen LogP contribution in [0.3, 0.4) is 0 Å². The minimum atomic E-state index is -4.31. The number of esters is 1. The van der Waals surface area contributed by atoms with Gasteiger partial charge in [-0.1, -0.05) is 25.1 Å². The number of hydrogen-bond donors (Lipinski definition) is 4. The van der Waals surface area contributed by atoms with Gasteiger partial charge in [0.15, 0.2) is 17.4 Å². The van der Waals surface area contributed by atoms with E-state index in [9.17, 15) is 19.6 Å². The Balaban J connectivity index is 1.54. The second-order valence-electron chi connectivity index (χ2n) is 8.59. The van der Waals surface area contributed by atoms with Crippen LogP contribution in [0, 0.1) is 0 Å². The SMILES string of the molecule is CCCOC(=O)[C@H](C)NP(=O)(OC[C@H]1O[C@@H](n2cnc3c(O)nc(N)nc32)[C@@](F)(Br)C1O)Oc1ccccc1. The van der Waals surface area contributed by atoms with E-state index in [-0.39, 0.29) is 29.5 Å². The summed E-state index contributed by atoms with van der Waals surface area (Å²) in [5.74, 6) is -1.34. The van der Waals surface area contributed by atoms with E-state index in [0.717, 1.165) is 10.9 Å². The average Bonchev–Trinajstić information content (AvgIpc) is 3.39. The van der Waals surface area contributed by atoms with Crippen LogP contribution in [0.2, 0.25) is 0 Å². The standard InChI is InChI=1S/C22H27BrFN6O8P/c1-3-9-35-19(33)12(2)29-39(34,38-13-7-5-4-6-8-13)36-10-14-16(31)22(23,24)20(37-14)30-11-26-15-17(30)27-21(25)28-18(15)32/h4-8,11-12,14,16,20,31H,3,9-10H2,1-2H3,(H,29,34)(H3,25,27,28,32)/t12-,14+,16?,20+,22+,39?/m0/s1. The summed E-state index contributed by atoms with van der Waals surface area (Å²) < 4.78 is 49.8. The van der Waals surface area contributed by atoms with E-state index < -0.39 is 55.3 Å². The van der Waals surface area contributed by atoms with Crippen LogP contribution >= 0.6 is 23.7 Å². The number of alkyl halides is 2. The van der Waals surface area contributed by atoms with Gasteiger partial charge in [0.2, 0.25) is 16.4 Å². The van der Waals surface area contributed by atoms with Crippen molar-refractivity contribution in [1.29, 1.82) is 0 Å². The van der Waals surface area contributed by atoms with Gasteiger partial charge < -0.3 is 29.9 Å². The minimum Gasteiger partial charge on any atom is -0.492 e. The third-order valence-corrected chi connectivity index (χ3v) is 8.09. The van der Waals surface area contributed by atoms with E-state index in [0.29, 0.717) is 6.42 Å². The van der Waals surface area contributed by atoms with Crippen LogP contribution in [0.15, 0.2) is 36.7 Å². The molecule has 6 atom stereocenters. The van der Waals surface area contributed by atoms with Crippen molar-refractivity contribution in [3.05, 3.63) is 36.7 Å². The van der Waals surface area contributed by atoms with Crippen LogP contribution in [0.25, 0.3) is 11.2 Å². The summed E-state index contributed by atoms with van der Waals surface area (Å²) in [5, 5.41) is 23.2. The first-order chi connectivity index (χ1) is 18.4. The zero-order valence-corrected chi connectivity index (χ0v) is 23.3. The Kier molecular flexibility index (Phi) is 8.73. The molecule has 5 N–H and O–H groups in total. The lowest BCUT2D eigenvalue weighted by molar-refractivity contribution is -0.145. The Morgan fingerprint density at radius 1 is 1.38 bits per heavy atom.